The monoisotopic (exact) mass is 486 g/mol. The summed E-state index contributed by atoms with van der Waals surface area (Å²) in [6, 6.07) is 20.2. The predicted molar refractivity (Wildman–Crippen MR) is 128 cm³/mol. The van der Waals surface area contributed by atoms with Gasteiger partial charge in [-0.05, 0) is 23.3 Å². The van der Waals surface area contributed by atoms with Gasteiger partial charge in [0.1, 0.15) is 31.0 Å². The molecule has 10 heteroatoms. The number of piperazine rings is 1. The van der Waals surface area contributed by atoms with Crippen molar-refractivity contribution in [2.75, 3.05) is 6.54 Å². The minimum atomic E-state index is -0.934. The molecule has 1 atom stereocenters. The highest BCUT2D eigenvalue weighted by Crippen LogP contribution is 2.23. The van der Waals surface area contributed by atoms with Crippen molar-refractivity contribution >= 4 is 35.8 Å². The number of carbonyl (C=O) groups excluding carboxylic acids is 4. The van der Waals surface area contributed by atoms with Crippen molar-refractivity contribution in [3.05, 3.63) is 95.2 Å². The van der Waals surface area contributed by atoms with E-state index in [4.69, 9.17) is 9.47 Å². The number of hydrogen-bond acceptors (Lipinski definition) is 9. The fourth-order valence-corrected chi connectivity index (χ4v) is 3.34. The van der Waals surface area contributed by atoms with E-state index in [0.29, 0.717) is 0 Å². The maximum atomic E-state index is 12.8. The van der Waals surface area contributed by atoms with Crippen LogP contribution in [0.25, 0.3) is 0 Å². The highest BCUT2D eigenvalue weighted by Gasteiger charge is 2.29. The van der Waals surface area contributed by atoms with Crippen molar-refractivity contribution in [2.24, 2.45) is 4.99 Å². The van der Waals surface area contributed by atoms with Gasteiger partial charge in [0.2, 0.25) is 11.8 Å². The molecule has 10 nitrogen and oxygen atoms in total. The standard InChI is InChI=1S/C26H22N4O6/c31-21-13-27-23(25(33)30-21)20-12-11-19(26(34)36-16-18-9-5-2-6-10-18)24(29-20)28-14-22(32)35-15-17-7-3-1-4-8-17/h1-12,14,23,27H,13,15-16H2,(H,30,31,33)/b28-14-. The van der Waals surface area contributed by atoms with E-state index in [0.717, 1.165) is 17.3 Å². The summed E-state index contributed by atoms with van der Waals surface area (Å²) in [5.74, 6) is -2.63. The summed E-state index contributed by atoms with van der Waals surface area (Å²) in [6.07, 6.45) is 0.904. The van der Waals surface area contributed by atoms with E-state index in [-0.39, 0.29) is 36.8 Å². The number of aromatic nitrogens is 1. The molecule has 2 amide bonds. The summed E-state index contributed by atoms with van der Waals surface area (Å²) in [6.45, 7) is -0.00685. The highest BCUT2D eigenvalue weighted by molar-refractivity contribution is 6.23. The molecule has 0 radical (unpaired) electrons. The molecule has 2 N–H and O–H groups in total. The van der Waals surface area contributed by atoms with Crippen LogP contribution >= 0.6 is 0 Å². The van der Waals surface area contributed by atoms with E-state index in [1.807, 2.05) is 60.7 Å². The van der Waals surface area contributed by atoms with Crippen LogP contribution in [0.3, 0.4) is 0 Å². The number of imide groups is 1. The van der Waals surface area contributed by atoms with Crippen LogP contribution in [0.1, 0.15) is 33.2 Å². The fraction of sp³-hybridized carbons (Fsp3) is 0.154. The number of hydrogen-bond donors (Lipinski definition) is 2. The number of rotatable bonds is 8. The van der Waals surface area contributed by atoms with Crippen molar-refractivity contribution in [2.45, 2.75) is 19.3 Å². The Balaban J connectivity index is 1.53. The van der Waals surface area contributed by atoms with E-state index < -0.39 is 29.8 Å². The number of ether oxygens (including phenoxy) is 2. The van der Waals surface area contributed by atoms with Gasteiger partial charge >= 0.3 is 11.9 Å². The Hall–Kier alpha value is -4.70. The Morgan fingerprint density at radius 2 is 1.56 bits per heavy atom. The highest BCUT2D eigenvalue weighted by atomic mass is 16.5. The molecule has 1 aliphatic rings. The first-order valence-corrected chi connectivity index (χ1v) is 11.0. The summed E-state index contributed by atoms with van der Waals surface area (Å²) in [5, 5.41) is 5.00. The number of amides is 2. The zero-order chi connectivity index (χ0) is 25.3. The molecule has 1 saturated heterocycles. The minimum absolute atomic E-state index is 0.00548. The molecule has 3 aromatic rings. The lowest BCUT2D eigenvalue weighted by Crippen LogP contribution is -2.51. The van der Waals surface area contributed by atoms with Crippen LogP contribution in [0, 0.1) is 0 Å². The smallest absolute Gasteiger partial charge is 0.349 e. The Bertz CT molecular complexity index is 1290. The Morgan fingerprint density at radius 3 is 2.19 bits per heavy atom. The zero-order valence-corrected chi connectivity index (χ0v) is 19.0. The minimum Gasteiger partial charge on any atom is -0.457 e. The van der Waals surface area contributed by atoms with Gasteiger partial charge in [-0.15, -0.1) is 0 Å². The van der Waals surface area contributed by atoms with Gasteiger partial charge in [0.15, 0.2) is 5.82 Å². The topological polar surface area (TPSA) is 136 Å². The fourth-order valence-electron chi connectivity index (χ4n) is 3.34. The number of pyridine rings is 1. The molecule has 1 fully saturated rings. The lowest BCUT2D eigenvalue weighted by atomic mass is 10.1. The normalized spacial score (nSPS) is 15.4. The van der Waals surface area contributed by atoms with Crippen LogP contribution in [-0.4, -0.2) is 41.5 Å². The summed E-state index contributed by atoms with van der Waals surface area (Å²) in [7, 11) is 0. The molecule has 2 heterocycles. The second-order valence-electron chi connectivity index (χ2n) is 7.75. The molecule has 0 spiro atoms. The average Bonchev–Trinajstić information content (AvgIpc) is 2.90. The van der Waals surface area contributed by atoms with E-state index in [1.54, 1.807) is 0 Å². The van der Waals surface area contributed by atoms with Crippen molar-refractivity contribution < 1.29 is 28.7 Å². The van der Waals surface area contributed by atoms with Gasteiger partial charge in [-0.25, -0.2) is 19.6 Å². The van der Waals surface area contributed by atoms with Crippen molar-refractivity contribution in [3.63, 3.8) is 0 Å². The summed E-state index contributed by atoms with van der Waals surface area (Å²) in [5.41, 5.74) is 1.80. The first-order chi connectivity index (χ1) is 17.5. The van der Waals surface area contributed by atoms with Crippen LogP contribution in [0.5, 0.6) is 0 Å². The molecular formula is C26H22N4O6. The summed E-state index contributed by atoms with van der Waals surface area (Å²) < 4.78 is 10.6. The lowest BCUT2D eigenvalue weighted by molar-refractivity contribution is -0.136. The molecule has 182 valence electrons. The molecule has 0 aliphatic carbocycles. The molecule has 0 saturated carbocycles. The number of carbonyl (C=O) groups is 4. The Labute approximate surface area is 206 Å². The van der Waals surface area contributed by atoms with Gasteiger partial charge in [0.05, 0.1) is 12.2 Å². The maximum Gasteiger partial charge on any atom is 0.349 e. The molecule has 4 rings (SSSR count). The SMILES string of the molecule is O=C1CNC(c2ccc(C(=O)OCc3ccccc3)c(/N=C\C(=O)OCc3ccccc3)n2)C(=O)N1. The van der Waals surface area contributed by atoms with E-state index in [9.17, 15) is 19.2 Å². The van der Waals surface area contributed by atoms with Crippen molar-refractivity contribution in [1.82, 2.24) is 15.6 Å². The third-order valence-electron chi connectivity index (χ3n) is 5.13. The molecule has 36 heavy (non-hydrogen) atoms. The first-order valence-electron chi connectivity index (χ1n) is 11.0. The third-order valence-corrected chi connectivity index (χ3v) is 5.13. The number of esters is 2. The van der Waals surface area contributed by atoms with Gasteiger partial charge in [-0.2, -0.15) is 0 Å². The van der Waals surface area contributed by atoms with Crippen LogP contribution in [0.15, 0.2) is 77.8 Å². The lowest BCUT2D eigenvalue weighted by Gasteiger charge is -2.22. The van der Waals surface area contributed by atoms with Crippen molar-refractivity contribution in [3.8, 4) is 0 Å². The van der Waals surface area contributed by atoms with Gasteiger partial charge in [-0.1, -0.05) is 60.7 Å². The second-order valence-corrected chi connectivity index (χ2v) is 7.75. The van der Waals surface area contributed by atoms with Gasteiger partial charge < -0.3 is 9.47 Å². The number of benzene rings is 2. The van der Waals surface area contributed by atoms with Gasteiger partial charge in [0.25, 0.3) is 0 Å². The van der Waals surface area contributed by atoms with Crippen LogP contribution in [-0.2, 0) is 37.1 Å². The molecule has 2 aromatic carbocycles. The summed E-state index contributed by atoms with van der Waals surface area (Å²) in [4.78, 5) is 57.1. The second kappa shape index (κ2) is 11.6. The predicted octanol–water partition coefficient (Wildman–Crippen LogP) is 2.17. The van der Waals surface area contributed by atoms with Crippen LogP contribution < -0.4 is 10.6 Å². The van der Waals surface area contributed by atoms with Gasteiger partial charge in [0, 0.05) is 0 Å². The maximum absolute atomic E-state index is 12.8. The number of nitrogens with one attached hydrogen (secondary N) is 2. The van der Waals surface area contributed by atoms with Crippen molar-refractivity contribution in [1.29, 1.82) is 0 Å². The van der Waals surface area contributed by atoms with E-state index >= 15 is 0 Å². The molecule has 1 unspecified atom stereocenters. The molecular weight excluding hydrogens is 464 g/mol. The van der Waals surface area contributed by atoms with E-state index in [2.05, 4.69) is 20.6 Å². The largest absolute Gasteiger partial charge is 0.457 e. The quantitative estimate of drug-likeness (QED) is 0.281. The zero-order valence-electron chi connectivity index (χ0n) is 19.0. The first kappa shape index (κ1) is 24.4. The van der Waals surface area contributed by atoms with Gasteiger partial charge in [-0.3, -0.25) is 20.2 Å². The number of aliphatic imine (C=N–C) groups is 1. The Kier molecular flexibility index (Phi) is 7.89. The Morgan fingerprint density at radius 1 is 0.917 bits per heavy atom. The van der Waals surface area contributed by atoms with E-state index in [1.165, 1.54) is 12.1 Å². The molecule has 1 aliphatic heterocycles. The van der Waals surface area contributed by atoms with Crippen LogP contribution in [0.4, 0.5) is 5.82 Å². The van der Waals surface area contributed by atoms with Crippen LogP contribution in [0.2, 0.25) is 0 Å². The number of nitrogens with zero attached hydrogens (tertiary/aromatic N) is 2. The average molecular weight is 486 g/mol. The third kappa shape index (κ3) is 6.45. The molecule has 1 aromatic heterocycles. The summed E-state index contributed by atoms with van der Waals surface area (Å²) >= 11 is 0. The molecule has 0 bridgehead atoms.